The first kappa shape index (κ1) is 20.9. The maximum absolute atomic E-state index is 13.6. The molecule has 1 aromatic carbocycles. The van der Waals surface area contributed by atoms with Gasteiger partial charge in [-0.25, -0.2) is 15.0 Å². The van der Waals surface area contributed by atoms with Crippen LogP contribution in [0, 0.1) is 13.8 Å². The number of benzene rings is 1. The molecule has 3 heterocycles. The largest absolute Gasteiger partial charge is 0.334 e. The number of anilines is 1. The summed E-state index contributed by atoms with van der Waals surface area (Å²) >= 11 is 0. The fraction of sp³-hybridized carbons (Fsp3) is 0.409. The summed E-state index contributed by atoms with van der Waals surface area (Å²) < 4.78 is 0. The quantitative estimate of drug-likeness (QED) is 0.639. The Bertz CT molecular complexity index is 1050. The zero-order valence-corrected chi connectivity index (χ0v) is 18.3. The predicted octanol–water partition coefficient (Wildman–Crippen LogP) is 2.52. The SMILES string of the molecule is CCc1ccc(-n2nccn2)c(C(=O)N2CCN(c3cc(C)nc(C)n3)O[C@@H](C)C2)c1. The third kappa shape index (κ3) is 4.56. The van der Waals surface area contributed by atoms with Gasteiger partial charge in [0, 0.05) is 24.8 Å². The number of nitrogens with zero attached hydrogens (tertiary/aromatic N) is 7. The summed E-state index contributed by atoms with van der Waals surface area (Å²) in [5.74, 6) is 1.34. The molecule has 0 radical (unpaired) electrons. The highest BCUT2D eigenvalue weighted by atomic mass is 16.7. The topological polar surface area (TPSA) is 89.3 Å². The van der Waals surface area contributed by atoms with Crippen LogP contribution in [0.1, 0.15) is 41.3 Å². The Labute approximate surface area is 181 Å². The van der Waals surface area contributed by atoms with E-state index in [-0.39, 0.29) is 12.0 Å². The van der Waals surface area contributed by atoms with Gasteiger partial charge in [0.1, 0.15) is 11.9 Å². The Hall–Kier alpha value is -3.33. The van der Waals surface area contributed by atoms with Crippen molar-refractivity contribution < 1.29 is 9.63 Å². The maximum Gasteiger partial charge on any atom is 0.256 e. The third-order valence-corrected chi connectivity index (χ3v) is 5.19. The van der Waals surface area contributed by atoms with Gasteiger partial charge in [0.05, 0.1) is 30.2 Å². The molecule has 31 heavy (non-hydrogen) atoms. The minimum atomic E-state index is -0.192. The van der Waals surface area contributed by atoms with E-state index in [1.165, 1.54) is 4.80 Å². The van der Waals surface area contributed by atoms with Gasteiger partial charge in [-0.1, -0.05) is 13.0 Å². The molecule has 0 N–H and O–H groups in total. The smallest absolute Gasteiger partial charge is 0.256 e. The second-order valence-corrected chi connectivity index (χ2v) is 7.71. The highest BCUT2D eigenvalue weighted by molar-refractivity contribution is 5.98. The molecular weight excluding hydrogens is 394 g/mol. The second-order valence-electron chi connectivity index (χ2n) is 7.71. The molecule has 0 aliphatic carbocycles. The van der Waals surface area contributed by atoms with Gasteiger partial charge in [-0.2, -0.15) is 15.0 Å². The van der Waals surface area contributed by atoms with Crippen LogP contribution in [-0.4, -0.2) is 61.5 Å². The van der Waals surface area contributed by atoms with Crippen molar-refractivity contribution >= 4 is 11.7 Å². The molecule has 0 bridgehead atoms. The van der Waals surface area contributed by atoms with Crippen LogP contribution in [0.5, 0.6) is 0 Å². The Morgan fingerprint density at radius 3 is 2.61 bits per heavy atom. The summed E-state index contributed by atoms with van der Waals surface area (Å²) in [6.45, 7) is 9.31. The molecule has 1 aliphatic rings. The number of hydrogen-bond acceptors (Lipinski definition) is 7. The Morgan fingerprint density at radius 2 is 1.90 bits per heavy atom. The van der Waals surface area contributed by atoms with E-state index in [4.69, 9.17) is 4.84 Å². The number of rotatable bonds is 4. The molecule has 1 saturated heterocycles. The monoisotopic (exact) mass is 421 g/mol. The van der Waals surface area contributed by atoms with Gasteiger partial charge < -0.3 is 4.90 Å². The fourth-order valence-electron chi connectivity index (χ4n) is 3.75. The second kappa shape index (κ2) is 8.81. The van der Waals surface area contributed by atoms with E-state index in [1.807, 2.05) is 49.9 Å². The lowest BCUT2D eigenvalue weighted by atomic mass is 10.1. The molecule has 3 aromatic rings. The third-order valence-electron chi connectivity index (χ3n) is 5.19. The number of amides is 1. The van der Waals surface area contributed by atoms with Gasteiger partial charge in [-0.3, -0.25) is 9.63 Å². The molecule has 1 aliphatic heterocycles. The number of hydroxylamine groups is 1. The summed E-state index contributed by atoms with van der Waals surface area (Å²) in [4.78, 5) is 31.8. The first-order valence-corrected chi connectivity index (χ1v) is 10.5. The van der Waals surface area contributed by atoms with Gasteiger partial charge in [-0.15, -0.1) is 0 Å². The van der Waals surface area contributed by atoms with E-state index < -0.39 is 0 Å². The van der Waals surface area contributed by atoms with Crippen molar-refractivity contribution in [2.75, 3.05) is 24.7 Å². The lowest BCUT2D eigenvalue weighted by Crippen LogP contribution is -2.37. The van der Waals surface area contributed by atoms with Gasteiger partial charge in [0.2, 0.25) is 0 Å². The first-order valence-electron chi connectivity index (χ1n) is 10.5. The molecule has 1 amide bonds. The Balaban J connectivity index is 1.61. The van der Waals surface area contributed by atoms with Crippen molar-refractivity contribution in [3.63, 3.8) is 0 Å². The van der Waals surface area contributed by atoms with Crippen LogP contribution in [0.3, 0.4) is 0 Å². The minimum absolute atomic E-state index is 0.0602. The van der Waals surface area contributed by atoms with Crippen molar-refractivity contribution in [1.82, 2.24) is 29.9 Å². The van der Waals surface area contributed by atoms with Crippen LogP contribution < -0.4 is 5.06 Å². The molecule has 1 fully saturated rings. The van der Waals surface area contributed by atoms with Crippen LogP contribution in [0.15, 0.2) is 36.7 Å². The number of carbonyl (C=O) groups excluding carboxylic acids is 1. The summed E-state index contributed by atoms with van der Waals surface area (Å²) in [6, 6.07) is 7.74. The first-order chi connectivity index (χ1) is 14.9. The van der Waals surface area contributed by atoms with Gasteiger partial charge in [-0.05, 0) is 44.9 Å². The minimum Gasteiger partial charge on any atom is -0.334 e. The highest BCUT2D eigenvalue weighted by Gasteiger charge is 2.28. The molecule has 9 heteroatoms. The Morgan fingerprint density at radius 1 is 1.13 bits per heavy atom. The van der Waals surface area contributed by atoms with Gasteiger partial charge >= 0.3 is 0 Å². The van der Waals surface area contributed by atoms with Crippen molar-refractivity contribution in [3.05, 3.63) is 59.3 Å². The van der Waals surface area contributed by atoms with Gasteiger partial charge in [0.25, 0.3) is 5.91 Å². The van der Waals surface area contributed by atoms with E-state index in [0.717, 1.165) is 17.7 Å². The molecule has 9 nitrogen and oxygen atoms in total. The van der Waals surface area contributed by atoms with Crippen molar-refractivity contribution in [3.8, 4) is 5.69 Å². The molecule has 0 saturated carbocycles. The van der Waals surface area contributed by atoms with E-state index in [2.05, 4.69) is 27.1 Å². The number of hydrogen-bond donors (Lipinski definition) is 0. The number of aromatic nitrogens is 5. The molecular formula is C22H27N7O2. The zero-order valence-electron chi connectivity index (χ0n) is 18.3. The lowest BCUT2D eigenvalue weighted by Gasteiger charge is -2.23. The average molecular weight is 422 g/mol. The molecule has 2 aromatic heterocycles. The van der Waals surface area contributed by atoms with Crippen LogP contribution in [0.4, 0.5) is 5.82 Å². The van der Waals surface area contributed by atoms with Crippen molar-refractivity contribution in [2.24, 2.45) is 0 Å². The van der Waals surface area contributed by atoms with Crippen molar-refractivity contribution in [1.29, 1.82) is 0 Å². The Kier molecular flexibility index (Phi) is 5.94. The molecule has 1 atom stereocenters. The number of aryl methyl sites for hydroxylation is 3. The molecule has 162 valence electrons. The van der Waals surface area contributed by atoms with E-state index in [1.54, 1.807) is 17.5 Å². The number of carbonyl (C=O) groups is 1. The van der Waals surface area contributed by atoms with Gasteiger partial charge in [0.15, 0.2) is 5.82 Å². The molecule has 4 rings (SSSR count). The van der Waals surface area contributed by atoms with Crippen LogP contribution in [0.2, 0.25) is 0 Å². The van der Waals surface area contributed by atoms with Crippen LogP contribution in [0.25, 0.3) is 5.69 Å². The van der Waals surface area contributed by atoms with E-state index in [9.17, 15) is 4.79 Å². The fourth-order valence-corrected chi connectivity index (χ4v) is 3.75. The van der Waals surface area contributed by atoms with E-state index in [0.29, 0.717) is 42.5 Å². The summed E-state index contributed by atoms with van der Waals surface area (Å²) in [5.41, 5.74) is 3.23. The molecule has 0 unspecified atom stereocenters. The summed E-state index contributed by atoms with van der Waals surface area (Å²) in [6.07, 6.45) is 3.86. The van der Waals surface area contributed by atoms with Crippen LogP contribution in [-0.2, 0) is 11.3 Å². The summed E-state index contributed by atoms with van der Waals surface area (Å²) in [7, 11) is 0. The maximum atomic E-state index is 13.6. The highest BCUT2D eigenvalue weighted by Crippen LogP contribution is 2.22. The van der Waals surface area contributed by atoms with Crippen LogP contribution >= 0.6 is 0 Å². The standard InChI is InChI=1S/C22H27N7O2/c1-5-18-6-7-20(29-23-8-9-24-29)19(13-18)22(30)27-10-11-28(31-16(3)14-27)21-12-15(2)25-17(4)26-21/h6-9,12-13,16H,5,10-11,14H2,1-4H3/t16-/m0/s1. The normalized spacial score (nSPS) is 17.0. The van der Waals surface area contributed by atoms with Crippen molar-refractivity contribution in [2.45, 2.75) is 40.2 Å². The predicted molar refractivity (Wildman–Crippen MR) is 116 cm³/mol. The lowest BCUT2D eigenvalue weighted by molar-refractivity contribution is 0.0422. The molecule has 0 spiro atoms. The zero-order chi connectivity index (χ0) is 22.0. The summed E-state index contributed by atoms with van der Waals surface area (Å²) in [5, 5.41) is 10.2. The average Bonchev–Trinajstić information content (AvgIpc) is 3.21. The van der Waals surface area contributed by atoms with E-state index >= 15 is 0 Å².